The highest BCUT2D eigenvalue weighted by Gasteiger charge is 2.30. The Labute approximate surface area is 276 Å². The maximum Gasteiger partial charge on any atom is 0.410 e. The molecule has 48 heavy (non-hydrogen) atoms. The van der Waals surface area contributed by atoms with Crippen LogP contribution in [0.5, 0.6) is 11.5 Å². The molecule has 16 heteroatoms. The van der Waals surface area contributed by atoms with E-state index in [1.807, 2.05) is 0 Å². The quantitative estimate of drug-likeness (QED) is 0.152. The summed E-state index contributed by atoms with van der Waals surface area (Å²) in [5, 5.41) is 10.6. The minimum atomic E-state index is -1.12. The summed E-state index contributed by atoms with van der Waals surface area (Å²) in [4.78, 5) is 36.7. The van der Waals surface area contributed by atoms with Gasteiger partial charge in [0.25, 0.3) is 5.69 Å². The first-order chi connectivity index (χ1) is 22.2. The number of likely N-dealkylation sites (tertiary alicyclic amines) is 2. The Morgan fingerprint density at radius 2 is 1.02 bits per heavy atom. The van der Waals surface area contributed by atoms with Crippen molar-refractivity contribution in [2.45, 2.75) is 90.6 Å². The highest BCUT2D eigenvalue weighted by Crippen LogP contribution is 2.30. The van der Waals surface area contributed by atoms with Crippen molar-refractivity contribution < 1.29 is 51.0 Å². The Kier molecular flexibility index (Phi) is 12.3. The number of nitrogens with zero attached hydrogens (tertiary/aromatic N) is 3. The van der Waals surface area contributed by atoms with E-state index in [9.17, 15) is 37.3 Å². The van der Waals surface area contributed by atoms with E-state index in [1.54, 1.807) is 46.4 Å². The van der Waals surface area contributed by atoms with Gasteiger partial charge in [0.05, 0.1) is 17.1 Å². The predicted octanol–water partition coefficient (Wildman–Crippen LogP) is 6.98. The van der Waals surface area contributed by atoms with Crippen LogP contribution in [0.15, 0.2) is 24.3 Å². The van der Waals surface area contributed by atoms with E-state index in [0.29, 0.717) is 64.0 Å². The molecule has 4 rings (SSSR count). The van der Waals surface area contributed by atoms with Crippen molar-refractivity contribution in [2.24, 2.45) is 0 Å². The molecule has 0 bridgehead atoms. The zero-order valence-electron chi connectivity index (χ0n) is 27.8. The van der Waals surface area contributed by atoms with Gasteiger partial charge in [-0.3, -0.25) is 10.1 Å². The maximum absolute atomic E-state index is 13.9. The molecule has 2 N–H and O–H groups in total. The Morgan fingerprint density at radius 1 is 0.708 bits per heavy atom. The van der Waals surface area contributed by atoms with Crippen molar-refractivity contribution in [2.75, 3.05) is 31.9 Å². The van der Waals surface area contributed by atoms with Crippen LogP contribution in [-0.4, -0.2) is 76.5 Å². The number of nitrogens with two attached hydrogens (primary N) is 1. The molecule has 2 saturated heterocycles. The lowest BCUT2D eigenvalue weighted by Crippen LogP contribution is -2.44. The van der Waals surface area contributed by atoms with Crippen LogP contribution in [0, 0.1) is 33.4 Å². The van der Waals surface area contributed by atoms with E-state index in [0.717, 1.165) is 12.1 Å². The molecule has 2 aromatic rings. The number of nitrogen functional groups attached to an aromatic ring is 1. The second-order valence-corrected chi connectivity index (χ2v) is 13.4. The van der Waals surface area contributed by atoms with Crippen LogP contribution in [0.3, 0.4) is 0 Å². The van der Waals surface area contributed by atoms with Gasteiger partial charge in [0.2, 0.25) is 0 Å². The van der Waals surface area contributed by atoms with Gasteiger partial charge in [-0.05, 0) is 41.5 Å². The van der Waals surface area contributed by atoms with E-state index in [2.05, 4.69) is 0 Å². The normalized spacial score (nSPS) is 16.0. The molecule has 2 heterocycles. The third-order valence-corrected chi connectivity index (χ3v) is 6.97. The number of non-ortho nitro benzene ring substituents is 1. The first kappa shape index (κ1) is 38.0. The smallest absolute Gasteiger partial charge is 0.410 e. The lowest BCUT2D eigenvalue weighted by Gasteiger charge is -2.33. The molecule has 2 aliphatic rings. The van der Waals surface area contributed by atoms with Crippen LogP contribution in [0.4, 0.5) is 38.5 Å². The molecule has 2 aliphatic heterocycles. The molecule has 0 aromatic heterocycles. The first-order valence-electron chi connectivity index (χ1n) is 15.4. The number of carbonyl (C=O) groups is 2. The van der Waals surface area contributed by atoms with E-state index in [4.69, 9.17) is 24.7 Å². The monoisotopic (exact) mass is 686 g/mol. The Hall–Kier alpha value is -4.50. The van der Waals surface area contributed by atoms with Gasteiger partial charge < -0.3 is 34.5 Å². The average molecular weight is 687 g/mol. The number of amides is 2. The van der Waals surface area contributed by atoms with Crippen molar-refractivity contribution in [3.05, 3.63) is 57.6 Å². The standard InChI is InChI=1S/C16H20F2N2O5.C16H22F2N2O3/c1-16(2,3)25-15(21)19-6-4-11(5-7-19)24-14-12(17)8-10(20(22)23)9-13(14)18;1-16(2,3)23-15(21)20-6-4-11(5-7-20)22-14-12(17)8-10(19)9-13(14)18/h8-9,11H,4-7H2,1-3H3;8-9,11H,4-7,19H2,1-3H3. The lowest BCUT2D eigenvalue weighted by atomic mass is 10.1. The summed E-state index contributed by atoms with van der Waals surface area (Å²) in [5.74, 6) is -4.95. The number of anilines is 1. The molecule has 0 radical (unpaired) electrons. The molecule has 0 saturated carbocycles. The molecule has 2 amide bonds. The predicted molar refractivity (Wildman–Crippen MR) is 167 cm³/mol. The summed E-state index contributed by atoms with van der Waals surface area (Å²) in [7, 11) is 0. The van der Waals surface area contributed by atoms with Gasteiger partial charge >= 0.3 is 12.2 Å². The summed E-state index contributed by atoms with van der Waals surface area (Å²) in [6.45, 7) is 12.2. The van der Waals surface area contributed by atoms with Gasteiger partial charge in [-0.2, -0.15) is 0 Å². The van der Waals surface area contributed by atoms with Crippen LogP contribution in [0.2, 0.25) is 0 Å². The largest absolute Gasteiger partial charge is 0.484 e. The third kappa shape index (κ3) is 11.3. The molecule has 266 valence electrons. The van der Waals surface area contributed by atoms with Crippen molar-refractivity contribution in [3.8, 4) is 11.5 Å². The zero-order chi connectivity index (χ0) is 36.0. The Bertz CT molecular complexity index is 1420. The molecule has 0 aliphatic carbocycles. The lowest BCUT2D eigenvalue weighted by molar-refractivity contribution is -0.385. The second-order valence-electron chi connectivity index (χ2n) is 13.4. The van der Waals surface area contributed by atoms with Crippen LogP contribution < -0.4 is 15.2 Å². The molecule has 0 unspecified atom stereocenters. The minimum absolute atomic E-state index is 0.00657. The molecule has 12 nitrogen and oxygen atoms in total. The average Bonchev–Trinajstić information content (AvgIpc) is 2.96. The summed E-state index contributed by atoms with van der Waals surface area (Å²) in [6.07, 6.45) is -0.000209. The molecular weight excluding hydrogens is 644 g/mol. The number of hydrogen-bond acceptors (Lipinski definition) is 9. The fraction of sp³-hybridized carbons (Fsp3) is 0.562. The number of nitro groups is 1. The fourth-order valence-electron chi connectivity index (χ4n) is 4.76. The van der Waals surface area contributed by atoms with Crippen molar-refractivity contribution in [1.29, 1.82) is 0 Å². The van der Waals surface area contributed by atoms with Gasteiger partial charge in [0.1, 0.15) is 23.4 Å². The van der Waals surface area contributed by atoms with E-state index >= 15 is 0 Å². The summed E-state index contributed by atoms with van der Waals surface area (Å²) in [6, 6.07) is 3.28. The number of rotatable bonds is 5. The number of hydrogen-bond donors (Lipinski definition) is 1. The fourth-order valence-corrected chi connectivity index (χ4v) is 4.76. The van der Waals surface area contributed by atoms with Gasteiger partial charge in [0.15, 0.2) is 34.8 Å². The van der Waals surface area contributed by atoms with Gasteiger partial charge in [0, 0.05) is 69.7 Å². The number of nitro benzene ring substituents is 1. The second kappa shape index (κ2) is 15.6. The summed E-state index contributed by atoms with van der Waals surface area (Å²) < 4.78 is 76.5. The van der Waals surface area contributed by atoms with Crippen LogP contribution in [-0.2, 0) is 9.47 Å². The molecule has 0 spiro atoms. The van der Waals surface area contributed by atoms with Crippen LogP contribution in [0.25, 0.3) is 0 Å². The van der Waals surface area contributed by atoms with Crippen molar-refractivity contribution in [1.82, 2.24) is 9.80 Å². The molecule has 2 fully saturated rings. The summed E-state index contributed by atoms with van der Waals surface area (Å²) >= 11 is 0. The molecular formula is C32H42F4N4O8. The van der Waals surface area contributed by atoms with Gasteiger partial charge in [-0.15, -0.1) is 0 Å². The highest BCUT2D eigenvalue weighted by atomic mass is 19.1. The summed E-state index contributed by atoms with van der Waals surface area (Å²) in [5.41, 5.74) is 3.54. The molecule has 0 atom stereocenters. The molecule has 2 aromatic carbocycles. The van der Waals surface area contributed by atoms with Crippen LogP contribution >= 0.6 is 0 Å². The van der Waals surface area contributed by atoms with E-state index < -0.39 is 68.8 Å². The minimum Gasteiger partial charge on any atom is -0.484 e. The topological polar surface area (TPSA) is 147 Å². The van der Waals surface area contributed by atoms with Crippen molar-refractivity contribution >= 4 is 23.6 Å². The van der Waals surface area contributed by atoms with E-state index in [1.165, 1.54) is 4.90 Å². The SMILES string of the molecule is CC(C)(C)OC(=O)N1CCC(Oc2c(F)cc(N)cc2F)CC1.CC(C)(C)OC(=O)N1CCC(Oc2c(F)cc([N+](=O)[O-])cc2F)CC1. The number of piperidine rings is 2. The Balaban J connectivity index is 0.000000261. The van der Waals surface area contributed by atoms with Crippen LogP contribution in [0.1, 0.15) is 67.2 Å². The van der Waals surface area contributed by atoms with Gasteiger partial charge in [-0.25, -0.2) is 27.2 Å². The first-order valence-corrected chi connectivity index (χ1v) is 15.4. The number of ether oxygens (including phenoxy) is 4. The number of benzene rings is 2. The van der Waals surface area contributed by atoms with Gasteiger partial charge in [-0.1, -0.05) is 0 Å². The number of halogens is 4. The number of carbonyl (C=O) groups excluding carboxylic acids is 2. The Morgan fingerprint density at radius 3 is 1.31 bits per heavy atom. The third-order valence-electron chi connectivity index (χ3n) is 6.97. The van der Waals surface area contributed by atoms with E-state index in [-0.39, 0.29) is 17.9 Å². The zero-order valence-corrected chi connectivity index (χ0v) is 27.8. The van der Waals surface area contributed by atoms with Crippen molar-refractivity contribution in [3.63, 3.8) is 0 Å². The highest BCUT2D eigenvalue weighted by molar-refractivity contribution is 5.68. The maximum atomic E-state index is 13.9.